The number of unbranched alkanes of at least 4 members (excludes halogenated alkanes) is 1. The van der Waals surface area contributed by atoms with Gasteiger partial charge in [0.1, 0.15) is 11.3 Å². The summed E-state index contributed by atoms with van der Waals surface area (Å²) in [5.74, 6) is 1.83. The van der Waals surface area contributed by atoms with Gasteiger partial charge in [0.05, 0.1) is 6.54 Å². The first-order chi connectivity index (χ1) is 9.74. The molecule has 0 fully saturated rings. The van der Waals surface area contributed by atoms with E-state index in [1.807, 2.05) is 25.2 Å². The predicted molar refractivity (Wildman–Crippen MR) is 99.4 cm³/mol. The third-order valence-electron chi connectivity index (χ3n) is 3.32. The monoisotopic (exact) mass is 401 g/mol. The van der Waals surface area contributed by atoms with Crippen LogP contribution >= 0.6 is 24.0 Å². The van der Waals surface area contributed by atoms with Crippen molar-refractivity contribution in [3.63, 3.8) is 0 Å². The standard InChI is InChI=1S/C16H23N3O.HI/c1-4-5-10-19(3)16(17-2)18-12-14-11-13-8-6-7-9-15(13)20-14;/h6-9,11H,4-5,10,12H2,1-3H3,(H,17,18);1H. The van der Waals surface area contributed by atoms with Gasteiger partial charge in [0.15, 0.2) is 5.96 Å². The number of benzene rings is 1. The molecular weight excluding hydrogens is 377 g/mol. The minimum atomic E-state index is 0. The maximum Gasteiger partial charge on any atom is 0.193 e. The van der Waals surface area contributed by atoms with Crippen molar-refractivity contribution < 1.29 is 4.42 Å². The van der Waals surface area contributed by atoms with Crippen LogP contribution in [-0.2, 0) is 6.54 Å². The number of nitrogens with zero attached hydrogens (tertiary/aromatic N) is 2. The lowest BCUT2D eigenvalue weighted by molar-refractivity contribution is 0.457. The van der Waals surface area contributed by atoms with Crippen LogP contribution in [0.1, 0.15) is 25.5 Å². The highest BCUT2D eigenvalue weighted by atomic mass is 127. The van der Waals surface area contributed by atoms with Gasteiger partial charge in [-0.25, -0.2) is 0 Å². The minimum absolute atomic E-state index is 0. The van der Waals surface area contributed by atoms with Crippen molar-refractivity contribution in [1.29, 1.82) is 0 Å². The first-order valence-corrected chi connectivity index (χ1v) is 7.14. The molecule has 0 bridgehead atoms. The smallest absolute Gasteiger partial charge is 0.193 e. The number of rotatable bonds is 5. The molecule has 0 aliphatic carbocycles. The third-order valence-corrected chi connectivity index (χ3v) is 3.32. The largest absolute Gasteiger partial charge is 0.459 e. The van der Waals surface area contributed by atoms with E-state index in [0.29, 0.717) is 6.54 Å². The summed E-state index contributed by atoms with van der Waals surface area (Å²) in [5.41, 5.74) is 0.929. The molecule has 0 saturated carbocycles. The summed E-state index contributed by atoms with van der Waals surface area (Å²) in [6.07, 6.45) is 2.35. The second-order valence-corrected chi connectivity index (χ2v) is 4.93. The fraction of sp³-hybridized carbons (Fsp3) is 0.438. The maximum atomic E-state index is 5.79. The average molecular weight is 401 g/mol. The van der Waals surface area contributed by atoms with Crippen molar-refractivity contribution >= 4 is 40.9 Å². The Balaban J connectivity index is 0.00000220. The number of hydrogen-bond donors (Lipinski definition) is 1. The van der Waals surface area contributed by atoms with Crippen molar-refractivity contribution in [3.8, 4) is 0 Å². The van der Waals surface area contributed by atoms with Gasteiger partial charge in [-0.1, -0.05) is 31.5 Å². The van der Waals surface area contributed by atoms with E-state index in [4.69, 9.17) is 4.42 Å². The number of furan rings is 1. The van der Waals surface area contributed by atoms with Crippen LogP contribution in [0.2, 0.25) is 0 Å². The van der Waals surface area contributed by atoms with Crippen molar-refractivity contribution in [3.05, 3.63) is 36.1 Å². The summed E-state index contributed by atoms with van der Waals surface area (Å²) in [4.78, 5) is 6.44. The van der Waals surface area contributed by atoms with E-state index in [1.165, 1.54) is 12.8 Å². The van der Waals surface area contributed by atoms with Crippen LogP contribution in [-0.4, -0.2) is 31.5 Å². The van der Waals surface area contributed by atoms with E-state index < -0.39 is 0 Å². The number of para-hydroxylation sites is 1. The maximum absolute atomic E-state index is 5.79. The molecule has 1 heterocycles. The van der Waals surface area contributed by atoms with E-state index >= 15 is 0 Å². The Hall–Kier alpha value is -1.24. The highest BCUT2D eigenvalue weighted by Crippen LogP contribution is 2.18. The molecule has 0 saturated heterocycles. The lowest BCUT2D eigenvalue weighted by Crippen LogP contribution is -2.38. The van der Waals surface area contributed by atoms with Crippen LogP contribution in [0.3, 0.4) is 0 Å². The zero-order chi connectivity index (χ0) is 14.4. The number of fused-ring (bicyclic) bond motifs is 1. The second-order valence-electron chi connectivity index (χ2n) is 4.93. The van der Waals surface area contributed by atoms with Crippen LogP contribution in [0, 0.1) is 0 Å². The Bertz CT molecular complexity index is 547. The van der Waals surface area contributed by atoms with Gasteiger partial charge in [0.2, 0.25) is 0 Å². The fourth-order valence-corrected chi connectivity index (χ4v) is 2.18. The van der Waals surface area contributed by atoms with Crippen LogP contribution < -0.4 is 5.32 Å². The lowest BCUT2D eigenvalue weighted by Gasteiger charge is -2.21. The van der Waals surface area contributed by atoms with Gasteiger partial charge in [-0.15, -0.1) is 24.0 Å². The molecule has 2 rings (SSSR count). The first-order valence-electron chi connectivity index (χ1n) is 7.14. The molecule has 1 N–H and O–H groups in total. The molecule has 0 unspecified atom stereocenters. The summed E-state index contributed by atoms with van der Waals surface area (Å²) >= 11 is 0. The third kappa shape index (κ3) is 4.91. The van der Waals surface area contributed by atoms with Gasteiger partial charge in [-0.3, -0.25) is 4.99 Å². The number of hydrogen-bond acceptors (Lipinski definition) is 2. The fourth-order valence-electron chi connectivity index (χ4n) is 2.18. The highest BCUT2D eigenvalue weighted by Gasteiger charge is 2.07. The van der Waals surface area contributed by atoms with Gasteiger partial charge in [-0.05, 0) is 18.6 Å². The Morgan fingerprint density at radius 2 is 2.10 bits per heavy atom. The molecule has 5 heteroatoms. The summed E-state index contributed by atoms with van der Waals surface area (Å²) in [5, 5.41) is 4.48. The van der Waals surface area contributed by atoms with E-state index in [9.17, 15) is 0 Å². The molecule has 0 radical (unpaired) electrons. The topological polar surface area (TPSA) is 40.8 Å². The van der Waals surface area contributed by atoms with E-state index in [2.05, 4.69) is 41.3 Å². The number of guanidine groups is 1. The zero-order valence-electron chi connectivity index (χ0n) is 12.9. The summed E-state index contributed by atoms with van der Waals surface area (Å²) in [6.45, 7) is 3.85. The van der Waals surface area contributed by atoms with Gasteiger partial charge >= 0.3 is 0 Å². The van der Waals surface area contributed by atoms with E-state index in [-0.39, 0.29) is 24.0 Å². The molecule has 21 heavy (non-hydrogen) atoms. The van der Waals surface area contributed by atoms with Crippen LogP contribution in [0.25, 0.3) is 11.0 Å². The van der Waals surface area contributed by atoms with Crippen molar-refractivity contribution in [2.24, 2.45) is 4.99 Å². The molecule has 2 aromatic rings. The van der Waals surface area contributed by atoms with E-state index in [0.717, 1.165) is 29.2 Å². The number of nitrogens with one attached hydrogen (secondary N) is 1. The molecule has 0 amide bonds. The molecular formula is C16H24IN3O. The van der Waals surface area contributed by atoms with Gasteiger partial charge in [0, 0.05) is 26.0 Å². The molecule has 0 atom stereocenters. The number of aliphatic imine (C=N–C) groups is 1. The average Bonchev–Trinajstić information content (AvgIpc) is 2.88. The second kappa shape index (κ2) is 8.92. The Kier molecular flexibility index (Phi) is 7.56. The van der Waals surface area contributed by atoms with Gasteiger partial charge in [0.25, 0.3) is 0 Å². The Morgan fingerprint density at radius 1 is 1.33 bits per heavy atom. The Morgan fingerprint density at radius 3 is 2.76 bits per heavy atom. The molecule has 0 spiro atoms. The van der Waals surface area contributed by atoms with Gasteiger partial charge in [-0.2, -0.15) is 0 Å². The summed E-state index contributed by atoms with van der Waals surface area (Å²) in [6, 6.07) is 10.1. The molecule has 0 aliphatic rings. The summed E-state index contributed by atoms with van der Waals surface area (Å²) < 4.78 is 5.79. The lowest BCUT2D eigenvalue weighted by atomic mass is 10.2. The molecule has 116 valence electrons. The molecule has 1 aromatic heterocycles. The highest BCUT2D eigenvalue weighted by molar-refractivity contribution is 14.0. The first kappa shape index (κ1) is 17.8. The quantitative estimate of drug-likeness (QED) is 0.470. The van der Waals surface area contributed by atoms with Crippen LogP contribution in [0.5, 0.6) is 0 Å². The molecule has 0 aliphatic heterocycles. The number of halogens is 1. The normalized spacial score (nSPS) is 11.3. The van der Waals surface area contributed by atoms with Crippen molar-refractivity contribution in [1.82, 2.24) is 10.2 Å². The Labute approximate surface area is 143 Å². The minimum Gasteiger partial charge on any atom is -0.459 e. The summed E-state index contributed by atoms with van der Waals surface area (Å²) in [7, 11) is 3.87. The van der Waals surface area contributed by atoms with Crippen molar-refractivity contribution in [2.75, 3.05) is 20.6 Å². The zero-order valence-corrected chi connectivity index (χ0v) is 15.3. The van der Waals surface area contributed by atoms with Crippen LogP contribution in [0.15, 0.2) is 39.7 Å². The predicted octanol–water partition coefficient (Wildman–Crippen LogP) is 3.86. The van der Waals surface area contributed by atoms with E-state index in [1.54, 1.807) is 0 Å². The molecule has 1 aromatic carbocycles. The van der Waals surface area contributed by atoms with Crippen LogP contribution in [0.4, 0.5) is 0 Å². The SMILES string of the molecule is CCCCN(C)C(=NC)NCc1cc2ccccc2o1.I. The van der Waals surface area contributed by atoms with Gasteiger partial charge < -0.3 is 14.6 Å². The molecule has 4 nitrogen and oxygen atoms in total. The van der Waals surface area contributed by atoms with Crippen molar-refractivity contribution in [2.45, 2.75) is 26.3 Å².